The molecule has 2 aromatic carbocycles. The fourth-order valence-corrected chi connectivity index (χ4v) is 10.1. The molecule has 6 heterocycles. The molecule has 1 saturated heterocycles. The number of nitrogen functional groups attached to an aromatic ring is 1. The van der Waals surface area contributed by atoms with Crippen LogP contribution >= 0.6 is 0 Å². The fourth-order valence-electron chi connectivity index (χ4n) is 10.1. The van der Waals surface area contributed by atoms with Crippen molar-refractivity contribution in [3.8, 4) is 11.3 Å². The highest BCUT2D eigenvalue weighted by molar-refractivity contribution is 6.25. The zero-order chi connectivity index (χ0) is 54.9. The third-order valence-corrected chi connectivity index (χ3v) is 13.9. The van der Waals surface area contributed by atoms with Crippen molar-refractivity contribution in [2.45, 2.75) is 82.1 Å². The second-order valence-electron chi connectivity index (χ2n) is 19.2. The highest BCUT2D eigenvalue weighted by Gasteiger charge is 2.45. The first kappa shape index (κ1) is 54.7. The minimum absolute atomic E-state index is 0.0301. The van der Waals surface area contributed by atoms with E-state index >= 15 is 0 Å². The lowest BCUT2D eigenvalue weighted by molar-refractivity contribution is -0.138. The number of carbonyl (C=O) groups is 7. The second-order valence-corrected chi connectivity index (χ2v) is 19.2. The summed E-state index contributed by atoms with van der Waals surface area (Å²) >= 11 is 0. The lowest BCUT2D eigenvalue weighted by Gasteiger charge is -2.31. The molecule has 3 aliphatic heterocycles. The fraction of sp³-hybridized carbons (Fsp3) is 0.407. The minimum atomic E-state index is -4.60. The van der Waals surface area contributed by atoms with Crippen molar-refractivity contribution in [3.63, 3.8) is 0 Å². The van der Waals surface area contributed by atoms with Gasteiger partial charge in [-0.2, -0.15) is 18.3 Å². The number of piperidine rings is 1. The van der Waals surface area contributed by atoms with Crippen molar-refractivity contribution in [1.29, 1.82) is 0 Å². The summed E-state index contributed by atoms with van der Waals surface area (Å²) in [5.41, 5.74) is 9.30. The standard InChI is InChI=1S/C54H58F3N11O10/c55-54(56,57)35-17-19-60-41(28-35)63-50(72)33-13-11-32(12-14-33)47-46-48-34(30-61-49(46)58)6-2-1-3-21-66(31-43(70)62-36-7-4-8-37(29-36)68(48)65-47)44(71)18-22-76-24-26-78-27-25-77-23-20-59-39-10-5-9-38-45(39)53(75)67(52(38)74)40-15-16-42(69)64-51(40)73/h2,5-6,9-14,17,19,28,30,36-37,40,59H,1,3-4,7-8,15-16,18,20-27,29,31H2,(H2,58,61)(H,62,70)(H,60,63,72)(H,64,69,73)/b6-2+/t36-,37-,40?/m1/s1. The van der Waals surface area contributed by atoms with Gasteiger partial charge in [0.2, 0.25) is 23.6 Å². The molecule has 9 rings (SSSR count). The summed E-state index contributed by atoms with van der Waals surface area (Å²) in [6.45, 7) is 1.96. The Morgan fingerprint density at radius 1 is 0.859 bits per heavy atom. The van der Waals surface area contributed by atoms with Crippen LogP contribution < -0.4 is 27.0 Å². The molecule has 0 radical (unpaired) electrons. The van der Waals surface area contributed by atoms with Gasteiger partial charge in [0.25, 0.3) is 17.7 Å². The van der Waals surface area contributed by atoms with Crippen LogP contribution in [0.15, 0.2) is 73.1 Å². The van der Waals surface area contributed by atoms with Gasteiger partial charge >= 0.3 is 6.18 Å². The molecule has 0 spiro atoms. The van der Waals surface area contributed by atoms with E-state index in [-0.39, 0.29) is 118 Å². The average Bonchev–Trinajstić information content (AvgIpc) is 4.15. The summed E-state index contributed by atoms with van der Waals surface area (Å²) in [4.78, 5) is 102. The van der Waals surface area contributed by atoms with Crippen LogP contribution in [0, 0.1) is 0 Å². The molecule has 78 heavy (non-hydrogen) atoms. The van der Waals surface area contributed by atoms with E-state index < -0.39 is 47.3 Å². The molecule has 1 saturated carbocycles. The highest BCUT2D eigenvalue weighted by atomic mass is 19.4. The Morgan fingerprint density at radius 3 is 2.40 bits per heavy atom. The van der Waals surface area contributed by atoms with E-state index in [0.717, 1.165) is 53.6 Å². The lowest BCUT2D eigenvalue weighted by atomic mass is 9.90. The second kappa shape index (κ2) is 24.5. The number of allylic oxidation sites excluding steroid dienone is 1. The van der Waals surface area contributed by atoms with Crippen molar-refractivity contribution >= 4 is 75.7 Å². The Balaban J connectivity index is 0.733. The van der Waals surface area contributed by atoms with Crippen LogP contribution in [0.4, 0.5) is 30.5 Å². The number of aromatic nitrogens is 4. The number of hydrogen-bond acceptors (Lipinski definition) is 15. The molecule has 3 aromatic heterocycles. The first-order valence-corrected chi connectivity index (χ1v) is 25.8. The third kappa shape index (κ3) is 12.7. The van der Waals surface area contributed by atoms with Crippen LogP contribution in [-0.2, 0) is 39.6 Å². The highest BCUT2D eigenvalue weighted by Crippen LogP contribution is 2.39. The largest absolute Gasteiger partial charge is 0.416 e. The van der Waals surface area contributed by atoms with E-state index in [4.69, 9.17) is 25.0 Å². The zero-order valence-electron chi connectivity index (χ0n) is 42.4. The molecule has 410 valence electrons. The Morgan fingerprint density at radius 2 is 1.63 bits per heavy atom. The van der Waals surface area contributed by atoms with E-state index in [9.17, 15) is 46.7 Å². The number of carbonyl (C=O) groups excluding carboxylic acids is 7. The van der Waals surface area contributed by atoms with Gasteiger partial charge in [-0.25, -0.2) is 9.97 Å². The van der Waals surface area contributed by atoms with E-state index in [1.807, 2.05) is 16.8 Å². The molecule has 21 nitrogen and oxygen atoms in total. The smallest absolute Gasteiger partial charge is 0.383 e. The molecular weight excluding hydrogens is 1020 g/mol. The third-order valence-electron chi connectivity index (χ3n) is 13.9. The summed E-state index contributed by atoms with van der Waals surface area (Å²) in [7, 11) is 0. The van der Waals surface area contributed by atoms with Gasteiger partial charge in [0.15, 0.2) is 0 Å². The van der Waals surface area contributed by atoms with Crippen LogP contribution in [-0.4, -0.2) is 142 Å². The van der Waals surface area contributed by atoms with Crippen LogP contribution in [0.25, 0.3) is 28.2 Å². The number of anilines is 3. The molecule has 6 N–H and O–H groups in total. The SMILES string of the molecule is Nc1ncc2c3c1c(-c1ccc(C(=O)Nc4cc(C(F)(F)F)ccn4)cc1)nn3[C@@H]1CCC[C@H](C1)NC(=O)CN(C(=O)CCOCCOCCOCCNc1cccc3c1C(=O)N(C1CCC(=O)NC1=O)C3=O)CCC/C=C/2. The summed E-state index contributed by atoms with van der Waals surface area (Å²) in [5.74, 6) is -3.44. The van der Waals surface area contributed by atoms with Crippen molar-refractivity contribution in [1.82, 2.24) is 40.2 Å². The molecular formula is C54H58F3N11O10. The van der Waals surface area contributed by atoms with Gasteiger partial charge in [0.05, 0.1) is 86.2 Å². The van der Waals surface area contributed by atoms with Gasteiger partial charge in [0, 0.05) is 60.3 Å². The first-order chi connectivity index (χ1) is 37.6. The van der Waals surface area contributed by atoms with E-state index in [2.05, 4.69) is 31.2 Å². The van der Waals surface area contributed by atoms with Crippen molar-refractivity contribution in [2.24, 2.45) is 0 Å². The first-order valence-electron chi connectivity index (χ1n) is 25.8. The number of halogens is 3. The molecule has 24 heteroatoms. The van der Waals surface area contributed by atoms with E-state index in [1.54, 1.807) is 47.5 Å². The minimum Gasteiger partial charge on any atom is -0.383 e. The quantitative estimate of drug-likeness (QED) is 0.0566. The number of nitrogens with two attached hydrogens (primary N) is 1. The van der Waals surface area contributed by atoms with Gasteiger partial charge in [-0.15, -0.1) is 0 Å². The number of alkyl halides is 3. The number of amides is 7. The molecule has 1 unspecified atom stereocenters. The molecule has 1 aliphatic carbocycles. The van der Waals surface area contributed by atoms with Crippen LogP contribution in [0.1, 0.15) is 106 Å². The molecule has 2 fully saturated rings. The molecule has 3 atom stereocenters. The number of nitrogens with zero attached hydrogens (tertiary/aromatic N) is 6. The molecule has 7 amide bonds. The Bertz CT molecular complexity index is 3130. The maximum atomic E-state index is 13.6. The van der Waals surface area contributed by atoms with Gasteiger partial charge in [-0.3, -0.25) is 48.5 Å². The van der Waals surface area contributed by atoms with Crippen LogP contribution in [0.3, 0.4) is 0 Å². The Kier molecular flexibility index (Phi) is 17.2. The van der Waals surface area contributed by atoms with Gasteiger partial charge < -0.3 is 40.8 Å². The number of fused-ring (bicyclic) bond motifs is 4. The zero-order valence-corrected chi connectivity index (χ0v) is 42.4. The van der Waals surface area contributed by atoms with Gasteiger partial charge in [0.1, 0.15) is 23.4 Å². The van der Waals surface area contributed by atoms with Crippen molar-refractivity contribution < 1.29 is 60.9 Å². The van der Waals surface area contributed by atoms with Crippen LogP contribution in [0.5, 0.6) is 0 Å². The lowest BCUT2D eigenvalue weighted by Crippen LogP contribution is -2.54. The Hall–Kier alpha value is -8.09. The van der Waals surface area contributed by atoms with Crippen molar-refractivity contribution in [3.05, 3.63) is 101 Å². The summed E-state index contributed by atoms with van der Waals surface area (Å²) < 4.78 is 58.8. The number of ether oxygens (including phenoxy) is 3. The van der Waals surface area contributed by atoms with E-state index in [0.29, 0.717) is 54.7 Å². The molecule has 5 aromatic rings. The number of benzene rings is 2. The summed E-state index contributed by atoms with van der Waals surface area (Å²) in [6, 6.07) is 11.5. The predicted octanol–water partition coefficient (Wildman–Crippen LogP) is 5.54. The normalized spacial score (nSPS) is 19.4. The number of imide groups is 2. The topological polar surface area (TPSA) is 271 Å². The van der Waals surface area contributed by atoms with Crippen LogP contribution in [0.2, 0.25) is 0 Å². The number of nitrogens with one attached hydrogen (secondary N) is 4. The number of hydrogen-bond donors (Lipinski definition) is 5. The molecule has 4 aliphatic rings. The monoisotopic (exact) mass is 1080 g/mol. The molecule has 2 bridgehead atoms. The van der Waals surface area contributed by atoms with Gasteiger partial charge in [-0.1, -0.05) is 30.4 Å². The maximum Gasteiger partial charge on any atom is 0.416 e. The average molecular weight is 1080 g/mol. The van der Waals surface area contributed by atoms with E-state index in [1.165, 1.54) is 6.07 Å². The van der Waals surface area contributed by atoms with Gasteiger partial charge in [-0.05, 0) is 81.3 Å². The predicted molar refractivity (Wildman–Crippen MR) is 278 cm³/mol. The van der Waals surface area contributed by atoms with Crippen molar-refractivity contribution in [2.75, 3.05) is 75.6 Å². The summed E-state index contributed by atoms with van der Waals surface area (Å²) in [6.07, 6.45) is 6.15. The summed E-state index contributed by atoms with van der Waals surface area (Å²) in [5, 5.41) is 16.6. The maximum absolute atomic E-state index is 13.6. The Labute approximate surface area is 445 Å². The number of rotatable bonds is 17. The number of pyridine rings is 2.